The molecule has 0 saturated carbocycles. The molecule has 1 amide bonds. The van der Waals surface area contributed by atoms with Crippen molar-refractivity contribution in [1.29, 1.82) is 0 Å². The van der Waals surface area contributed by atoms with Crippen molar-refractivity contribution < 1.29 is 9.90 Å². The number of likely N-dealkylation sites (tertiary alicyclic amines) is 1. The summed E-state index contributed by atoms with van der Waals surface area (Å²) in [6.45, 7) is 1.07. The first-order chi connectivity index (χ1) is 8.77. The van der Waals surface area contributed by atoms with Gasteiger partial charge in [0.15, 0.2) is 0 Å². The van der Waals surface area contributed by atoms with Crippen molar-refractivity contribution in [2.45, 2.75) is 24.8 Å². The van der Waals surface area contributed by atoms with Gasteiger partial charge in [-0.1, -0.05) is 30.3 Å². The van der Waals surface area contributed by atoms with Crippen LogP contribution in [0.25, 0.3) is 0 Å². The standard InChI is InChI=1S/C14H20N2O2/c15-9-13(11-5-2-1-3-6-11)14(18)16-8-4-7-12(16)10-17/h1-3,5-6,12-13,17H,4,7-10,15H2. The molecule has 1 fully saturated rings. The summed E-state index contributed by atoms with van der Waals surface area (Å²) in [7, 11) is 0. The van der Waals surface area contributed by atoms with Gasteiger partial charge in [-0.15, -0.1) is 0 Å². The molecular formula is C14H20N2O2. The molecule has 0 radical (unpaired) electrons. The van der Waals surface area contributed by atoms with E-state index in [1.165, 1.54) is 0 Å². The molecule has 2 rings (SSSR count). The van der Waals surface area contributed by atoms with E-state index in [0.29, 0.717) is 6.54 Å². The second kappa shape index (κ2) is 5.98. The molecule has 1 heterocycles. The van der Waals surface area contributed by atoms with Gasteiger partial charge in [-0.25, -0.2) is 0 Å². The third kappa shape index (κ3) is 2.54. The largest absolute Gasteiger partial charge is 0.394 e. The minimum absolute atomic E-state index is 0.0322. The number of aliphatic hydroxyl groups is 1. The molecule has 3 N–H and O–H groups in total. The van der Waals surface area contributed by atoms with Crippen LogP contribution in [0.5, 0.6) is 0 Å². The third-order valence-corrected chi connectivity index (χ3v) is 3.61. The van der Waals surface area contributed by atoms with Crippen LogP contribution in [0.4, 0.5) is 0 Å². The van der Waals surface area contributed by atoms with E-state index in [-0.39, 0.29) is 24.5 Å². The van der Waals surface area contributed by atoms with Crippen molar-refractivity contribution in [3.05, 3.63) is 35.9 Å². The smallest absolute Gasteiger partial charge is 0.231 e. The Balaban J connectivity index is 2.15. The van der Waals surface area contributed by atoms with E-state index < -0.39 is 0 Å². The summed E-state index contributed by atoms with van der Waals surface area (Å²) in [5, 5.41) is 9.29. The Labute approximate surface area is 107 Å². The highest BCUT2D eigenvalue weighted by Gasteiger charge is 2.32. The van der Waals surface area contributed by atoms with Gasteiger partial charge in [-0.2, -0.15) is 0 Å². The van der Waals surface area contributed by atoms with Gasteiger partial charge < -0.3 is 15.7 Å². The van der Waals surface area contributed by atoms with E-state index in [9.17, 15) is 9.90 Å². The fraction of sp³-hybridized carbons (Fsp3) is 0.500. The lowest BCUT2D eigenvalue weighted by molar-refractivity contribution is -0.134. The Morgan fingerprint density at radius 1 is 1.44 bits per heavy atom. The molecule has 1 aliphatic rings. The van der Waals surface area contributed by atoms with Crippen LogP contribution >= 0.6 is 0 Å². The summed E-state index contributed by atoms with van der Waals surface area (Å²) >= 11 is 0. The summed E-state index contributed by atoms with van der Waals surface area (Å²) in [6, 6.07) is 9.58. The molecule has 4 nitrogen and oxygen atoms in total. The number of carbonyl (C=O) groups is 1. The Hall–Kier alpha value is -1.39. The van der Waals surface area contributed by atoms with Crippen LogP contribution in [0.15, 0.2) is 30.3 Å². The fourth-order valence-electron chi connectivity index (χ4n) is 2.58. The van der Waals surface area contributed by atoms with E-state index in [4.69, 9.17) is 5.73 Å². The van der Waals surface area contributed by atoms with Crippen LogP contribution in [0.1, 0.15) is 24.3 Å². The van der Waals surface area contributed by atoms with Gasteiger partial charge in [-0.3, -0.25) is 4.79 Å². The second-order valence-electron chi connectivity index (χ2n) is 4.71. The number of hydrogen-bond acceptors (Lipinski definition) is 3. The number of amides is 1. The zero-order valence-electron chi connectivity index (χ0n) is 10.5. The van der Waals surface area contributed by atoms with Crippen LogP contribution < -0.4 is 5.73 Å². The molecule has 0 spiro atoms. The summed E-state index contributed by atoms with van der Waals surface area (Å²) in [5.41, 5.74) is 6.70. The molecule has 1 aromatic carbocycles. The molecule has 2 unspecified atom stereocenters. The lowest BCUT2D eigenvalue weighted by Gasteiger charge is -2.27. The maximum atomic E-state index is 12.5. The maximum absolute atomic E-state index is 12.5. The Morgan fingerprint density at radius 3 is 2.78 bits per heavy atom. The zero-order chi connectivity index (χ0) is 13.0. The number of hydrogen-bond donors (Lipinski definition) is 2. The zero-order valence-corrected chi connectivity index (χ0v) is 10.5. The molecule has 18 heavy (non-hydrogen) atoms. The Morgan fingerprint density at radius 2 is 2.17 bits per heavy atom. The van der Waals surface area contributed by atoms with Gasteiger partial charge in [0, 0.05) is 13.1 Å². The highest BCUT2D eigenvalue weighted by atomic mass is 16.3. The van der Waals surface area contributed by atoms with E-state index in [0.717, 1.165) is 24.9 Å². The number of nitrogens with two attached hydrogens (primary N) is 1. The van der Waals surface area contributed by atoms with Gasteiger partial charge in [0.2, 0.25) is 5.91 Å². The van der Waals surface area contributed by atoms with E-state index in [1.54, 1.807) is 4.90 Å². The van der Waals surface area contributed by atoms with Crippen LogP contribution in [0.2, 0.25) is 0 Å². The molecule has 0 bridgehead atoms. The number of benzene rings is 1. The second-order valence-corrected chi connectivity index (χ2v) is 4.71. The SMILES string of the molecule is NCC(C(=O)N1CCCC1CO)c1ccccc1. The molecule has 0 aliphatic carbocycles. The molecule has 1 aromatic rings. The van der Waals surface area contributed by atoms with Gasteiger partial charge in [-0.05, 0) is 18.4 Å². The molecule has 1 aliphatic heterocycles. The van der Waals surface area contributed by atoms with Crippen molar-refractivity contribution in [2.75, 3.05) is 19.7 Å². The van der Waals surface area contributed by atoms with Gasteiger partial charge in [0.05, 0.1) is 18.6 Å². The van der Waals surface area contributed by atoms with Crippen LogP contribution in [-0.4, -0.2) is 41.7 Å². The van der Waals surface area contributed by atoms with Gasteiger partial charge in [0.25, 0.3) is 0 Å². The predicted molar refractivity (Wildman–Crippen MR) is 70.1 cm³/mol. The van der Waals surface area contributed by atoms with Gasteiger partial charge >= 0.3 is 0 Å². The number of carbonyl (C=O) groups excluding carboxylic acids is 1. The highest BCUT2D eigenvalue weighted by Crippen LogP contribution is 2.24. The molecule has 98 valence electrons. The highest BCUT2D eigenvalue weighted by molar-refractivity contribution is 5.84. The van der Waals surface area contributed by atoms with Crippen LogP contribution in [0.3, 0.4) is 0 Å². The van der Waals surface area contributed by atoms with Gasteiger partial charge in [0.1, 0.15) is 0 Å². The average molecular weight is 248 g/mol. The third-order valence-electron chi connectivity index (χ3n) is 3.61. The summed E-state index contributed by atoms with van der Waals surface area (Å²) in [6.07, 6.45) is 1.84. The lowest BCUT2D eigenvalue weighted by Crippen LogP contribution is -2.42. The minimum atomic E-state index is -0.293. The predicted octanol–water partition coefficient (Wildman–Crippen LogP) is 0.712. The molecule has 2 atom stereocenters. The normalized spacial score (nSPS) is 21.0. The van der Waals surface area contributed by atoms with Crippen molar-refractivity contribution in [3.63, 3.8) is 0 Å². The number of aliphatic hydroxyl groups excluding tert-OH is 1. The quantitative estimate of drug-likeness (QED) is 0.824. The fourth-order valence-corrected chi connectivity index (χ4v) is 2.58. The van der Waals surface area contributed by atoms with E-state index >= 15 is 0 Å². The maximum Gasteiger partial charge on any atom is 0.231 e. The Bertz CT molecular complexity index is 394. The topological polar surface area (TPSA) is 66.6 Å². The summed E-state index contributed by atoms with van der Waals surface area (Å²) < 4.78 is 0. The van der Waals surface area contributed by atoms with Crippen molar-refractivity contribution in [2.24, 2.45) is 5.73 Å². The van der Waals surface area contributed by atoms with Crippen molar-refractivity contribution >= 4 is 5.91 Å². The van der Waals surface area contributed by atoms with Crippen LogP contribution in [0, 0.1) is 0 Å². The van der Waals surface area contributed by atoms with E-state index in [2.05, 4.69) is 0 Å². The van der Waals surface area contributed by atoms with E-state index in [1.807, 2.05) is 30.3 Å². The molecule has 0 aromatic heterocycles. The summed E-state index contributed by atoms with van der Waals surface area (Å²) in [5.74, 6) is -0.251. The van der Waals surface area contributed by atoms with Crippen molar-refractivity contribution in [1.82, 2.24) is 4.90 Å². The summed E-state index contributed by atoms with van der Waals surface area (Å²) in [4.78, 5) is 14.3. The lowest BCUT2D eigenvalue weighted by atomic mass is 9.97. The molecule has 4 heteroatoms. The first-order valence-corrected chi connectivity index (χ1v) is 6.44. The first kappa shape index (κ1) is 13.1. The monoisotopic (exact) mass is 248 g/mol. The van der Waals surface area contributed by atoms with Crippen LogP contribution in [-0.2, 0) is 4.79 Å². The number of rotatable bonds is 4. The first-order valence-electron chi connectivity index (χ1n) is 6.44. The number of nitrogens with zero attached hydrogens (tertiary/aromatic N) is 1. The Kier molecular flexibility index (Phi) is 4.33. The molecular weight excluding hydrogens is 228 g/mol. The minimum Gasteiger partial charge on any atom is -0.394 e. The van der Waals surface area contributed by atoms with Crippen molar-refractivity contribution in [3.8, 4) is 0 Å². The molecule has 1 saturated heterocycles. The average Bonchev–Trinajstić information content (AvgIpc) is 2.89.